The first kappa shape index (κ1) is 18.6. The molecule has 0 N–H and O–H groups in total. The second-order valence-electron chi connectivity index (χ2n) is 7.30. The summed E-state index contributed by atoms with van der Waals surface area (Å²) in [6, 6.07) is 2.21. The fraction of sp³-hybridized carbons (Fsp3) is 0.579. The lowest BCUT2D eigenvalue weighted by atomic mass is 9.73. The Morgan fingerprint density at radius 3 is 2.42 bits per heavy atom. The van der Waals surface area contributed by atoms with Gasteiger partial charge in [-0.25, -0.2) is 8.78 Å². The van der Waals surface area contributed by atoms with Gasteiger partial charge >= 0.3 is 0 Å². The van der Waals surface area contributed by atoms with Crippen LogP contribution in [-0.2, 0) is 4.79 Å². The number of benzene rings is 1. The minimum atomic E-state index is -0.959. The Morgan fingerprint density at radius 1 is 1.12 bits per heavy atom. The number of rotatable bonds is 2. The fourth-order valence-corrected chi connectivity index (χ4v) is 3.96. The van der Waals surface area contributed by atoms with Gasteiger partial charge in [0.2, 0.25) is 5.91 Å². The summed E-state index contributed by atoms with van der Waals surface area (Å²) in [6.45, 7) is 1.75. The number of halogens is 2. The summed E-state index contributed by atoms with van der Waals surface area (Å²) >= 11 is 0. The minimum Gasteiger partial charge on any atom is -0.491 e. The van der Waals surface area contributed by atoms with E-state index in [-0.39, 0.29) is 16.9 Å². The molecule has 2 saturated heterocycles. The third kappa shape index (κ3) is 3.39. The highest BCUT2D eigenvalue weighted by atomic mass is 19.1. The molecular formula is C19H24F2N2O3. The third-order valence-corrected chi connectivity index (χ3v) is 5.87. The molecule has 5 nitrogen and oxygen atoms in total. The predicted molar refractivity (Wildman–Crippen MR) is 92.0 cm³/mol. The average Bonchev–Trinajstić information content (AvgIpc) is 2.77. The summed E-state index contributed by atoms with van der Waals surface area (Å²) in [5, 5.41) is 0. The maximum atomic E-state index is 14.4. The second-order valence-corrected chi connectivity index (χ2v) is 7.30. The van der Waals surface area contributed by atoms with Crippen LogP contribution in [0.2, 0.25) is 0 Å². The smallest absolute Gasteiger partial charge is 0.256 e. The van der Waals surface area contributed by atoms with Gasteiger partial charge in [0.25, 0.3) is 5.91 Å². The maximum Gasteiger partial charge on any atom is 0.256 e. The number of amides is 2. The molecule has 3 rings (SSSR count). The van der Waals surface area contributed by atoms with Crippen molar-refractivity contribution in [2.75, 3.05) is 33.8 Å². The molecule has 0 aliphatic carbocycles. The monoisotopic (exact) mass is 366 g/mol. The summed E-state index contributed by atoms with van der Waals surface area (Å²) < 4.78 is 32.6. The molecular weight excluding hydrogens is 342 g/mol. The molecule has 1 aromatic carbocycles. The summed E-state index contributed by atoms with van der Waals surface area (Å²) in [6.07, 6.45) is 3.88. The van der Waals surface area contributed by atoms with Gasteiger partial charge in [0.1, 0.15) is 0 Å². The van der Waals surface area contributed by atoms with Crippen LogP contribution in [0.3, 0.4) is 0 Å². The van der Waals surface area contributed by atoms with Crippen LogP contribution in [0.1, 0.15) is 42.5 Å². The fourth-order valence-electron chi connectivity index (χ4n) is 3.96. The highest BCUT2D eigenvalue weighted by Gasteiger charge is 2.38. The van der Waals surface area contributed by atoms with Crippen molar-refractivity contribution in [2.45, 2.75) is 32.1 Å². The Bertz CT molecular complexity index is 715. The lowest BCUT2D eigenvalue weighted by Gasteiger charge is -2.41. The maximum absolute atomic E-state index is 14.4. The van der Waals surface area contributed by atoms with Gasteiger partial charge in [0.05, 0.1) is 12.7 Å². The van der Waals surface area contributed by atoms with E-state index in [1.54, 1.807) is 9.80 Å². The minimum absolute atomic E-state index is 0.0657. The summed E-state index contributed by atoms with van der Waals surface area (Å²) in [4.78, 5) is 28.0. The van der Waals surface area contributed by atoms with Gasteiger partial charge in [-0.1, -0.05) is 0 Å². The molecule has 7 heteroatoms. The quantitative estimate of drug-likeness (QED) is 0.809. The van der Waals surface area contributed by atoms with E-state index in [0.717, 1.165) is 38.3 Å². The number of hydrogen-bond donors (Lipinski definition) is 0. The number of nitrogens with zero attached hydrogens (tertiary/aromatic N) is 2. The normalized spacial score (nSPS) is 20.2. The van der Waals surface area contributed by atoms with Crippen LogP contribution >= 0.6 is 0 Å². The van der Waals surface area contributed by atoms with Crippen molar-refractivity contribution in [2.24, 2.45) is 5.41 Å². The molecule has 0 saturated carbocycles. The van der Waals surface area contributed by atoms with Crippen LogP contribution < -0.4 is 4.74 Å². The Balaban J connectivity index is 1.70. The zero-order valence-electron chi connectivity index (χ0n) is 15.2. The molecule has 0 aromatic heterocycles. The Hall–Kier alpha value is -2.18. The van der Waals surface area contributed by atoms with Crippen LogP contribution in [0.5, 0.6) is 5.75 Å². The first-order valence-corrected chi connectivity index (χ1v) is 8.92. The largest absolute Gasteiger partial charge is 0.491 e. The number of ether oxygens (including phenoxy) is 1. The zero-order valence-corrected chi connectivity index (χ0v) is 15.2. The van der Waals surface area contributed by atoms with E-state index >= 15 is 0 Å². The van der Waals surface area contributed by atoms with E-state index in [1.807, 2.05) is 7.05 Å². The van der Waals surface area contributed by atoms with Crippen LogP contribution in [0.4, 0.5) is 8.78 Å². The molecule has 2 heterocycles. The van der Waals surface area contributed by atoms with E-state index < -0.39 is 23.3 Å². The van der Waals surface area contributed by atoms with Crippen molar-refractivity contribution in [3.8, 4) is 5.75 Å². The molecule has 0 unspecified atom stereocenters. The average molecular weight is 366 g/mol. The van der Waals surface area contributed by atoms with Crippen molar-refractivity contribution in [3.05, 3.63) is 29.3 Å². The third-order valence-electron chi connectivity index (χ3n) is 5.87. The molecule has 0 atom stereocenters. The molecule has 26 heavy (non-hydrogen) atoms. The Morgan fingerprint density at radius 2 is 1.77 bits per heavy atom. The molecule has 142 valence electrons. The number of hydrogen-bond acceptors (Lipinski definition) is 3. The van der Waals surface area contributed by atoms with E-state index in [4.69, 9.17) is 4.74 Å². The van der Waals surface area contributed by atoms with E-state index in [2.05, 4.69) is 0 Å². The van der Waals surface area contributed by atoms with Crippen molar-refractivity contribution in [1.82, 2.24) is 9.80 Å². The lowest BCUT2D eigenvalue weighted by Crippen LogP contribution is -2.43. The second kappa shape index (κ2) is 7.21. The standard InChI is InChI=1S/C19H24F2N2O3/c1-22-10-7-19(6-5-15(22)24)8-11-23(12-9-19)18(25)13-3-4-14(20)17(26-2)16(13)21/h3-4H,5-12H2,1-2H3. The van der Waals surface area contributed by atoms with Gasteiger partial charge in [0, 0.05) is 33.1 Å². The van der Waals surface area contributed by atoms with E-state index in [9.17, 15) is 18.4 Å². The number of piperidine rings is 1. The predicted octanol–water partition coefficient (Wildman–Crippen LogP) is 2.84. The van der Waals surface area contributed by atoms with Crippen molar-refractivity contribution >= 4 is 11.8 Å². The molecule has 0 bridgehead atoms. The molecule has 2 aliphatic rings. The van der Waals surface area contributed by atoms with Crippen LogP contribution in [-0.4, -0.2) is 55.4 Å². The number of carbonyl (C=O) groups excluding carboxylic acids is 2. The number of carbonyl (C=O) groups is 2. The lowest BCUT2D eigenvalue weighted by molar-refractivity contribution is -0.129. The van der Waals surface area contributed by atoms with Gasteiger partial charge in [0.15, 0.2) is 17.4 Å². The molecule has 1 spiro atoms. The first-order valence-electron chi connectivity index (χ1n) is 8.92. The molecule has 2 aliphatic heterocycles. The summed E-state index contributed by atoms with van der Waals surface area (Å²) in [7, 11) is 3.00. The van der Waals surface area contributed by atoms with E-state index in [1.165, 1.54) is 13.2 Å². The van der Waals surface area contributed by atoms with Gasteiger partial charge in [-0.05, 0) is 43.2 Å². The number of methoxy groups -OCH3 is 1. The highest BCUT2D eigenvalue weighted by Crippen LogP contribution is 2.41. The van der Waals surface area contributed by atoms with Crippen LogP contribution in [0.15, 0.2) is 12.1 Å². The summed E-state index contributed by atoms with van der Waals surface area (Å²) in [5.41, 5.74) is -0.106. The van der Waals surface area contributed by atoms with Crippen LogP contribution in [0, 0.1) is 17.0 Å². The van der Waals surface area contributed by atoms with E-state index in [0.29, 0.717) is 19.5 Å². The first-order chi connectivity index (χ1) is 12.4. The van der Waals surface area contributed by atoms with Gasteiger partial charge in [-0.2, -0.15) is 0 Å². The van der Waals surface area contributed by atoms with Crippen molar-refractivity contribution in [1.29, 1.82) is 0 Å². The molecule has 1 aromatic rings. The Labute approximate surface area is 151 Å². The SMILES string of the molecule is COc1c(F)ccc(C(=O)N2CCC3(CCC(=O)N(C)CC3)CC2)c1F. The highest BCUT2D eigenvalue weighted by molar-refractivity contribution is 5.95. The van der Waals surface area contributed by atoms with Crippen molar-refractivity contribution in [3.63, 3.8) is 0 Å². The molecule has 0 radical (unpaired) electrons. The number of likely N-dealkylation sites (tertiary alicyclic amines) is 2. The topological polar surface area (TPSA) is 49.9 Å². The van der Waals surface area contributed by atoms with Gasteiger partial charge < -0.3 is 14.5 Å². The molecule has 2 amide bonds. The van der Waals surface area contributed by atoms with Crippen molar-refractivity contribution < 1.29 is 23.1 Å². The van der Waals surface area contributed by atoms with Gasteiger partial charge in [-0.15, -0.1) is 0 Å². The summed E-state index contributed by atoms with van der Waals surface area (Å²) in [5.74, 6) is -2.60. The zero-order chi connectivity index (χ0) is 18.9. The van der Waals surface area contributed by atoms with Crippen LogP contribution in [0.25, 0.3) is 0 Å². The Kier molecular flexibility index (Phi) is 5.16. The molecule has 2 fully saturated rings. The van der Waals surface area contributed by atoms with Gasteiger partial charge in [-0.3, -0.25) is 9.59 Å².